The number of ether oxygens (including phenoxy) is 2. The summed E-state index contributed by atoms with van der Waals surface area (Å²) in [5.74, 6) is -0.385. The van der Waals surface area contributed by atoms with Gasteiger partial charge < -0.3 is 19.0 Å². The van der Waals surface area contributed by atoms with Crippen molar-refractivity contribution >= 4 is 29.4 Å². The molecular weight excluding hydrogens is 520 g/mol. The Labute approximate surface area is 226 Å². The lowest BCUT2D eigenvalue weighted by Crippen LogP contribution is -2.40. The number of nitrogens with zero attached hydrogens (tertiary/aromatic N) is 2. The molecule has 10 heteroatoms. The number of hydrogen-bond acceptors (Lipinski definition) is 8. The third-order valence-electron chi connectivity index (χ3n) is 6.27. The number of carbonyl (C=O) groups is 2. The van der Waals surface area contributed by atoms with E-state index in [-0.39, 0.29) is 23.3 Å². The summed E-state index contributed by atoms with van der Waals surface area (Å²) in [6.45, 7) is 3.60. The number of carboxylic acids is 1. The number of carboxylic acid groups (broad SMARTS) is 1. The van der Waals surface area contributed by atoms with E-state index in [1.807, 2.05) is 12.1 Å². The number of benzene rings is 2. The van der Waals surface area contributed by atoms with Gasteiger partial charge in [0, 0.05) is 17.2 Å². The van der Waals surface area contributed by atoms with Crippen molar-refractivity contribution in [1.29, 1.82) is 0 Å². The average molecular weight is 545 g/mol. The van der Waals surface area contributed by atoms with Crippen LogP contribution in [0.15, 0.2) is 86.1 Å². The number of furan rings is 1. The molecule has 0 bridgehead atoms. The maximum Gasteiger partial charge on any atom is 0.338 e. The largest absolute Gasteiger partial charge is 0.496 e. The first kappa shape index (κ1) is 25.9. The van der Waals surface area contributed by atoms with E-state index in [1.165, 1.54) is 17.7 Å². The lowest BCUT2D eigenvalue weighted by atomic mass is 9.95. The van der Waals surface area contributed by atoms with Crippen molar-refractivity contribution in [3.05, 3.63) is 109 Å². The Kier molecular flexibility index (Phi) is 7.03. The molecule has 1 atom stereocenters. The molecule has 0 amide bonds. The van der Waals surface area contributed by atoms with Crippen LogP contribution in [0.4, 0.5) is 0 Å². The van der Waals surface area contributed by atoms with Crippen LogP contribution >= 0.6 is 11.3 Å². The van der Waals surface area contributed by atoms with E-state index in [0.717, 1.165) is 11.3 Å². The van der Waals surface area contributed by atoms with Crippen LogP contribution in [0.25, 0.3) is 17.4 Å². The number of hydrogen-bond donors (Lipinski definition) is 1. The molecule has 0 saturated carbocycles. The molecule has 0 aliphatic carbocycles. The molecule has 0 saturated heterocycles. The molecule has 1 aliphatic rings. The standard InChI is InChI=1S/C29H24N2O7S/c1-4-37-28(35)24-16(2)30-29-31(25(24)20-11-7-8-12-21(20)36-3)26(32)23(39-29)15-17-13-14-22(38-17)18-9-5-6-10-19(18)27(33)34/h5-15,25H,4H2,1-3H3,(H,33,34). The second-order valence-electron chi connectivity index (χ2n) is 8.60. The van der Waals surface area contributed by atoms with Crippen LogP contribution in [-0.2, 0) is 9.53 Å². The topological polar surface area (TPSA) is 120 Å². The lowest BCUT2D eigenvalue weighted by molar-refractivity contribution is -0.139. The van der Waals surface area contributed by atoms with Crippen molar-refractivity contribution < 1.29 is 28.6 Å². The van der Waals surface area contributed by atoms with E-state index in [4.69, 9.17) is 13.9 Å². The van der Waals surface area contributed by atoms with E-state index in [0.29, 0.717) is 43.4 Å². The third-order valence-corrected chi connectivity index (χ3v) is 7.26. The number of methoxy groups -OCH3 is 1. The highest BCUT2D eigenvalue weighted by Gasteiger charge is 2.35. The molecule has 2 aromatic heterocycles. The second kappa shape index (κ2) is 10.6. The molecule has 39 heavy (non-hydrogen) atoms. The Morgan fingerprint density at radius 2 is 1.87 bits per heavy atom. The highest BCUT2D eigenvalue weighted by atomic mass is 32.1. The molecule has 1 N–H and O–H groups in total. The van der Waals surface area contributed by atoms with Crippen molar-refractivity contribution in [3.8, 4) is 17.1 Å². The van der Waals surface area contributed by atoms with Crippen molar-refractivity contribution in [2.45, 2.75) is 19.9 Å². The molecule has 9 nitrogen and oxygen atoms in total. The fourth-order valence-electron chi connectivity index (χ4n) is 4.57. The van der Waals surface area contributed by atoms with Crippen LogP contribution in [-0.4, -0.2) is 35.3 Å². The lowest BCUT2D eigenvalue weighted by Gasteiger charge is -2.25. The summed E-state index contributed by atoms with van der Waals surface area (Å²) in [6, 6.07) is 16.2. The number of aromatic carboxylic acids is 1. The summed E-state index contributed by atoms with van der Waals surface area (Å²) in [7, 11) is 1.53. The molecular formula is C29H24N2O7S. The normalized spacial score (nSPS) is 15.1. The number of para-hydroxylation sites is 1. The summed E-state index contributed by atoms with van der Waals surface area (Å²) >= 11 is 1.16. The van der Waals surface area contributed by atoms with E-state index in [9.17, 15) is 19.5 Å². The van der Waals surface area contributed by atoms with Gasteiger partial charge in [0.2, 0.25) is 0 Å². The van der Waals surface area contributed by atoms with Crippen LogP contribution in [0.1, 0.15) is 41.6 Å². The Morgan fingerprint density at radius 3 is 2.62 bits per heavy atom. The number of carbonyl (C=O) groups excluding carboxylic acids is 1. The number of aromatic nitrogens is 1. The van der Waals surface area contributed by atoms with Crippen LogP contribution in [0, 0.1) is 0 Å². The maximum atomic E-state index is 13.8. The Hall–Kier alpha value is -4.70. The van der Waals surface area contributed by atoms with Gasteiger partial charge in [-0.05, 0) is 38.1 Å². The molecule has 1 aliphatic heterocycles. The molecule has 4 aromatic rings. The Balaban J connectivity index is 1.66. The van der Waals surface area contributed by atoms with E-state index < -0.39 is 18.0 Å². The third kappa shape index (κ3) is 4.70. The quantitative estimate of drug-likeness (QED) is 0.352. The minimum absolute atomic E-state index is 0.108. The van der Waals surface area contributed by atoms with Crippen LogP contribution in [0.3, 0.4) is 0 Å². The van der Waals surface area contributed by atoms with Crippen molar-refractivity contribution in [2.24, 2.45) is 4.99 Å². The highest BCUT2D eigenvalue weighted by Crippen LogP contribution is 2.35. The molecule has 5 rings (SSSR count). The summed E-state index contributed by atoms with van der Waals surface area (Å²) in [4.78, 5) is 43.5. The average Bonchev–Trinajstić information content (AvgIpc) is 3.52. The summed E-state index contributed by atoms with van der Waals surface area (Å²) < 4.78 is 18.6. The van der Waals surface area contributed by atoms with Gasteiger partial charge in [-0.1, -0.05) is 47.7 Å². The minimum Gasteiger partial charge on any atom is -0.496 e. The second-order valence-corrected chi connectivity index (χ2v) is 9.61. The SMILES string of the molecule is CCOC(=O)C1=C(C)N=c2sc(=Cc3ccc(-c4ccccc4C(=O)O)o3)c(=O)n2C1c1ccccc1OC. The first-order valence-corrected chi connectivity index (χ1v) is 12.9. The summed E-state index contributed by atoms with van der Waals surface area (Å²) in [5, 5.41) is 9.52. The Morgan fingerprint density at radius 1 is 1.13 bits per heavy atom. The van der Waals surface area contributed by atoms with Crippen molar-refractivity contribution in [1.82, 2.24) is 4.57 Å². The fraction of sp³-hybridized carbons (Fsp3) is 0.172. The molecule has 0 radical (unpaired) electrons. The van der Waals surface area contributed by atoms with Gasteiger partial charge in [-0.25, -0.2) is 14.6 Å². The maximum absolute atomic E-state index is 13.8. The number of allylic oxidation sites excluding steroid dienone is 1. The Bertz CT molecular complexity index is 1810. The molecule has 0 spiro atoms. The fourth-order valence-corrected chi connectivity index (χ4v) is 5.59. The number of rotatable bonds is 7. The predicted molar refractivity (Wildman–Crippen MR) is 144 cm³/mol. The van der Waals surface area contributed by atoms with Crippen molar-refractivity contribution in [2.75, 3.05) is 13.7 Å². The number of esters is 1. The van der Waals surface area contributed by atoms with Gasteiger partial charge in [0.15, 0.2) is 4.80 Å². The first-order chi connectivity index (χ1) is 18.8. The molecule has 198 valence electrons. The predicted octanol–water partition coefficient (Wildman–Crippen LogP) is 3.77. The van der Waals surface area contributed by atoms with E-state index in [1.54, 1.807) is 62.4 Å². The van der Waals surface area contributed by atoms with Gasteiger partial charge in [-0.2, -0.15) is 0 Å². The zero-order chi connectivity index (χ0) is 27.7. The van der Waals surface area contributed by atoms with Gasteiger partial charge in [0.1, 0.15) is 23.3 Å². The molecule has 2 aromatic carbocycles. The van der Waals surface area contributed by atoms with Gasteiger partial charge in [0.25, 0.3) is 5.56 Å². The van der Waals surface area contributed by atoms with E-state index >= 15 is 0 Å². The zero-order valence-corrected chi connectivity index (χ0v) is 22.2. The zero-order valence-electron chi connectivity index (χ0n) is 21.3. The monoisotopic (exact) mass is 544 g/mol. The van der Waals surface area contributed by atoms with Crippen LogP contribution in [0.5, 0.6) is 5.75 Å². The van der Waals surface area contributed by atoms with Crippen molar-refractivity contribution in [3.63, 3.8) is 0 Å². The minimum atomic E-state index is -1.07. The molecule has 0 fully saturated rings. The van der Waals surface area contributed by atoms with Gasteiger partial charge in [-0.15, -0.1) is 0 Å². The molecule has 1 unspecified atom stereocenters. The first-order valence-electron chi connectivity index (χ1n) is 12.1. The smallest absolute Gasteiger partial charge is 0.338 e. The van der Waals surface area contributed by atoms with Gasteiger partial charge in [-0.3, -0.25) is 9.36 Å². The summed E-state index contributed by atoms with van der Waals surface area (Å²) in [6.07, 6.45) is 1.58. The number of fused-ring (bicyclic) bond motifs is 1. The van der Waals surface area contributed by atoms with Crippen LogP contribution in [0.2, 0.25) is 0 Å². The van der Waals surface area contributed by atoms with E-state index in [2.05, 4.69) is 4.99 Å². The van der Waals surface area contributed by atoms with Crippen LogP contribution < -0.4 is 19.6 Å². The number of thiazole rings is 1. The molecule has 3 heterocycles. The van der Waals surface area contributed by atoms with Gasteiger partial charge in [0.05, 0.1) is 35.1 Å². The van der Waals surface area contributed by atoms with Gasteiger partial charge >= 0.3 is 11.9 Å². The summed E-state index contributed by atoms with van der Waals surface area (Å²) in [5.41, 5.74) is 1.49. The highest BCUT2D eigenvalue weighted by molar-refractivity contribution is 7.07.